The van der Waals surface area contributed by atoms with Crippen molar-refractivity contribution in [3.8, 4) is 5.75 Å². The molecule has 2 rings (SSSR count). The average molecular weight is 256 g/mol. The van der Waals surface area contributed by atoms with Crippen LogP contribution in [0.5, 0.6) is 5.75 Å². The molecule has 1 saturated carbocycles. The summed E-state index contributed by atoms with van der Waals surface area (Å²) in [5, 5.41) is 0. The second-order valence-corrected chi connectivity index (χ2v) is 4.89. The summed E-state index contributed by atoms with van der Waals surface area (Å²) in [6.07, 6.45) is 7.53. The van der Waals surface area contributed by atoms with E-state index in [1.54, 1.807) is 13.3 Å². The van der Waals surface area contributed by atoms with Gasteiger partial charge in [0.25, 0.3) is 0 Å². The predicted octanol–water partition coefficient (Wildman–Crippen LogP) is 3.12. The third-order valence-electron chi connectivity index (χ3n) is 2.83. The Morgan fingerprint density at radius 2 is 2.29 bits per heavy atom. The number of hydrogen-bond acceptors (Lipinski definition) is 2. The van der Waals surface area contributed by atoms with Crippen LogP contribution in [0.3, 0.4) is 0 Å². The van der Waals surface area contributed by atoms with Gasteiger partial charge in [0.1, 0.15) is 5.75 Å². The molecule has 3 heteroatoms. The molecule has 1 aliphatic rings. The van der Waals surface area contributed by atoms with Crippen LogP contribution in [0.15, 0.2) is 18.5 Å². The molecule has 0 bridgehead atoms. The van der Waals surface area contributed by atoms with Crippen LogP contribution in [0, 0.1) is 0 Å². The van der Waals surface area contributed by atoms with E-state index in [-0.39, 0.29) is 0 Å². The molecule has 0 aliphatic heterocycles. The van der Waals surface area contributed by atoms with Gasteiger partial charge in [0, 0.05) is 11.0 Å². The molecule has 1 aromatic heterocycles. The minimum absolute atomic E-state index is 0.608. The smallest absolute Gasteiger partial charge is 0.137 e. The second kappa shape index (κ2) is 4.30. The molecule has 14 heavy (non-hydrogen) atoms. The lowest BCUT2D eigenvalue weighted by atomic mass is 9.99. The molecule has 2 unspecified atom stereocenters. The van der Waals surface area contributed by atoms with Crippen molar-refractivity contribution >= 4 is 15.9 Å². The maximum absolute atomic E-state index is 5.17. The third kappa shape index (κ3) is 1.92. The van der Waals surface area contributed by atoms with Gasteiger partial charge >= 0.3 is 0 Å². The quantitative estimate of drug-likeness (QED) is 0.758. The fourth-order valence-corrected chi connectivity index (χ4v) is 2.93. The lowest BCUT2D eigenvalue weighted by Gasteiger charge is -2.14. The van der Waals surface area contributed by atoms with Crippen molar-refractivity contribution in [2.75, 3.05) is 7.11 Å². The van der Waals surface area contributed by atoms with E-state index in [1.165, 1.54) is 24.8 Å². The molecule has 0 saturated heterocycles. The minimum atomic E-state index is 0.608. The van der Waals surface area contributed by atoms with Crippen molar-refractivity contribution in [3.63, 3.8) is 0 Å². The Hall–Kier alpha value is -0.570. The third-order valence-corrected chi connectivity index (χ3v) is 3.93. The standard InChI is InChI=1S/C11H14BrNO/c1-14-9-5-8(6-13-7-9)10-3-2-4-11(10)12/h5-7,10-11H,2-4H2,1H3. The number of methoxy groups -OCH3 is 1. The van der Waals surface area contributed by atoms with Gasteiger partial charge in [-0.05, 0) is 30.4 Å². The van der Waals surface area contributed by atoms with Gasteiger partial charge in [-0.15, -0.1) is 0 Å². The molecule has 76 valence electrons. The summed E-state index contributed by atoms with van der Waals surface area (Å²) in [5.41, 5.74) is 1.30. The Labute approximate surface area is 92.8 Å². The fourth-order valence-electron chi connectivity index (χ4n) is 2.04. The number of nitrogens with zero attached hydrogens (tertiary/aromatic N) is 1. The van der Waals surface area contributed by atoms with Crippen LogP contribution < -0.4 is 4.74 Å². The van der Waals surface area contributed by atoms with Gasteiger partial charge < -0.3 is 4.74 Å². The fraction of sp³-hybridized carbons (Fsp3) is 0.545. The van der Waals surface area contributed by atoms with Crippen molar-refractivity contribution in [1.82, 2.24) is 4.98 Å². The van der Waals surface area contributed by atoms with Crippen molar-refractivity contribution in [3.05, 3.63) is 24.0 Å². The van der Waals surface area contributed by atoms with Gasteiger partial charge in [-0.1, -0.05) is 22.4 Å². The van der Waals surface area contributed by atoms with Crippen LogP contribution in [0.1, 0.15) is 30.7 Å². The molecule has 1 fully saturated rings. The zero-order valence-corrected chi connectivity index (χ0v) is 9.83. The van der Waals surface area contributed by atoms with Crippen molar-refractivity contribution < 1.29 is 4.74 Å². The van der Waals surface area contributed by atoms with E-state index in [0.717, 1.165) is 5.75 Å². The summed E-state index contributed by atoms with van der Waals surface area (Å²) in [4.78, 5) is 4.80. The molecule has 1 heterocycles. The number of pyridine rings is 1. The highest BCUT2D eigenvalue weighted by atomic mass is 79.9. The molecule has 0 N–H and O–H groups in total. The Kier molecular flexibility index (Phi) is 3.06. The summed E-state index contributed by atoms with van der Waals surface area (Å²) in [6, 6.07) is 2.09. The maximum atomic E-state index is 5.17. The van der Waals surface area contributed by atoms with Crippen molar-refractivity contribution in [2.24, 2.45) is 0 Å². The topological polar surface area (TPSA) is 22.1 Å². The van der Waals surface area contributed by atoms with E-state index >= 15 is 0 Å². The second-order valence-electron chi connectivity index (χ2n) is 3.71. The number of hydrogen-bond donors (Lipinski definition) is 0. The van der Waals surface area contributed by atoms with Crippen LogP contribution in [-0.4, -0.2) is 16.9 Å². The largest absolute Gasteiger partial charge is 0.495 e. The van der Waals surface area contributed by atoms with Crippen LogP contribution >= 0.6 is 15.9 Å². The van der Waals surface area contributed by atoms with Gasteiger partial charge in [0.15, 0.2) is 0 Å². The van der Waals surface area contributed by atoms with Crippen molar-refractivity contribution in [2.45, 2.75) is 30.0 Å². The normalized spacial score (nSPS) is 26.4. The molecule has 2 atom stereocenters. The number of rotatable bonds is 2. The summed E-state index contributed by atoms with van der Waals surface area (Å²) in [7, 11) is 1.68. The number of halogens is 1. The lowest BCUT2D eigenvalue weighted by molar-refractivity contribution is 0.411. The van der Waals surface area contributed by atoms with Crippen LogP contribution in [0.4, 0.5) is 0 Å². The zero-order chi connectivity index (χ0) is 9.97. The number of ether oxygens (including phenoxy) is 1. The summed E-state index contributed by atoms with van der Waals surface area (Å²) in [6.45, 7) is 0. The predicted molar refractivity (Wildman–Crippen MR) is 60.1 cm³/mol. The Morgan fingerprint density at radius 1 is 1.43 bits per heavy atom. The summed E-state index contributed by atoms with van der Waals surface area (Å²) in [5.74, 6) is 1.46. The maximum Gasteiger partial charge on any atom is 0.137 e. The molecule has 0 radical (unpaired) electrons. The number of aromatic nitrogens is 1. The Balaban J connectivity index is 2.22. The van der Waals surface area contributed by atoms with Gasteiger partial charge in [-0.2, -0.15) is 0 Å². The first-order valence-corrected chi connectivity index (χ1v) is 5.86. The molecule has 0 aromatic carbocycles. The summed E-state index contributed by atoms with van der Waals surface area (Å²) >= 11 is 3.72. The SMILES string of the molecule is COc1cncc(C2CCCC2Br)c1. The minimum Gasteiger partial charge on any atom is -0.495 e. The monoisotopic (exact) mass is 255 g/mol. The first kappa shape index (κ1) is 9.97. The lowest BCUT2D eigenvalue weighted by Crippen LogP contribution is -2.04. The first-order valence-electron chi connectivity index (χ1n) is 4.94. The van der Waals surface area contributed by atoms with Crippen LogP contribution in [0.2, 0.25) is 0 Å². The first-order chi connectivity index (χ1) is 6.81. The van der Waals surface area contributed by atoms with Gasteiger partial charge in [-0.25, -0.2) is 0 Å². The molecule has 1 aromatic rings. The molecular weight excluding hydrogens is 242 g/mol. The van der Waals surface area contributed by atoms with Gasteiger partial charge in [0.2, 0.25) is 0 Å². The highest BCUT2D eigenvalue weighted by Gasteiger charge is 2.26. The van der Waals surface area contributed by atoms with E-state index in [4.69, 9.17) is 4.74 Å². The molecule has 1 aliphatic carbocycles. The van der Waals surface area contributed by atoms with Crippen molar-refractivity contribution in [1.29, 1.82) is 0 Å². The molecular formula is C11H14BrNO. The van der Waals surface area contributed by atoms with E-state index in [9.17, 15) is 0 Å². The highest BCUT2D eigenvalue weighted by molar-refractivity contribution is 9.09. The molecule has 0 amide bonds. The Morgan fingerprint density at radius 3 is 2.93 bits per heavy atom. The van der Waals surface area contributed by atoms with Gasteiger partial charge in [0.05, 0.1) is 13.3 Å². The van der Waals surface area contributed by atoms with Crippen LogP contribution in [0.25, 0.3) is 0 Å². The highest BCUT2D eigenvalue weighted by Crippen LogP contribution is 2.39. The van der Waals surface area contributed by atoms with E-state index in [1.807, 2.05) is 6.20 Å². The van der Waals surface area contributed by atoms with Gasteiger partial charge in [-0.3, -0.25) is 4.98 Å². The number of alkyl halides is 1. The van der Waals surface area contributed by atoms with E-state index in [0.29, 0.717) is 10.7 Å². The average Bonchev–Trinajstić information content (AvgIpc) is 2.65. The van der Waals surface area contributed by atoms with E-state index < -0.39 is 0 Å². The Bertz CT molecular complexity index is 316. The molecule has 0 spiro atoms. The zero-order valence-electron chi connectivity index (χ0n) is 8.24. The summed E-state index contributed by atoms with van der Waals surface area (Å²) < 4.78 is 5.17. The van der Waals surface area contributed by atoms with Crippen LogP contribution in [-0.2, 0) is 0 Å². The molecule has 2 nitrogen and oxygen atoms in total. The van der Waals surface area contributed by atoms with E-state index in [2.05, 4.69) is 27.0 Å².